The molecule has 0 unspecified atom stereocenters. The zero-order chi connectivity index (χ0) is 38.0. The Morgan fingerprint density at radius 2 is 1.00 bits per heavy atom. The molecule has 8 nitrogen and oxygen atoms in total. The Kier molecular flexibility index (Phi) is 12.8. The van der Waals surface area contributed by atoms with Gasteiger partial charge >= 0.3 is 12.2 Å². The quantitative estimate of drug-likeness (QED) is 0.148. The Morgan fingerprint density at radius 3 is 1.55 bits per heavy atom. The highest BCUT2D eigenvalue weighted by Crippen LogP contribution is 2.36. The molecule has 6 rings (SSSR count). The standard InChI is InChI=1S/C22H22INO3.C22H23NO3/c1-22(2,3)27-21(25)24-18-13-19(26-14-15-9-5-4-6-10-15)16-11-7-8-12-17(16)20(18)23;1-22(2,3)26-21(24)23-18-13-17-11-7-8-12-19(17)20(14-18)25-15-16-9-5-4-6-10-16/h4-13H,14H2,1-3H3,(H,24,25);4-14H,15H2,1-3H3,(H,23,24). The average Bonchev–Trinajstić information content (AvgIpc) is 3.11. The molecule has 0 radical (unpaired) electrons. The molecule has 2 amide bonds. The summed E-state index contributed by atoms with van der Waals surface area (Å²) in [6, 6.07) is 41.5. The smallest absolute Gasteiger partial charge is 0.412 e. The highest BCUT2D eigenvalue weighted by atomic mass is 127. The van der Waals surface area contributed by atoms with Gasteiger partial charge in [-0.3, -0.25) is 10.6 Å². The topological polar surface area (TPSA) is 95.1 Å². The maximum absolute atomic E-state index is 12.2. The molecule has 6 aromatic carbocycles. The van der Waals surface area contributed by atoms with Crippen LogP contribution in [0.3, 0.4) is 0 Å². The number of ether oxygens (including phenoxy) is 4. The van der Waals surface area contributed by atoms with Crippen LogP contribution in [0.15, 0.2) is 127 Å². The number of amides is 2. The fraction of sp³-hybridized carbons (Fsp3) is 0.227. The molecule has 274 valence electrons. The second-order valence-electron chi connectivity index (χ2n) is 14.3. The summed E-state index contributed by atoms with van der Waals surface area (Å²) in [6.45, 7) is 11.9. The lowest BCUT2D eigenvalue weighted by atomic mass is 10.1. The van der Waals surface area contributed by atoms with Crippen LogP contribution >= 0.6 is 22.6 Å². The first-order chi connectivity index (χ1) is 25.2. The minimum absolute atomic E-state index is 0.456. The number of rotatable bonds is 8. The fourth-order valence-electron chi connectivity index (χ4n) is 5.29. The monoisotopic (exact) mass is 824 g/mol. The van der Waals surface area contributed by atoms with E-state index >= 15 is 0 Å². The number of anilines is 2. The van der Waals surface area contributed by atoms with Crippen LogP contribution in [0.5, 0.6) is 11.5 Å². The van der Waals surface area contributed by atoms with E-state index in [1.807, 2.05) is 169 Å². The van der Waals surface area contributed by atoms with E-state index in [1.165, 1.54) is 0 Å². The number of carbonyl (C=O) groups is 2. The van der Waals surface area contributed by atoms with E-state index in [9.17, 15) is 9.59 Å². The predicted molar refractivity (Wildman–Crippen MR) is 222 cm³/mol. The van der Waals surface area contributed by atoms with Gasteiger partial charge in [-0.25, -0.2) is 9.59 Å². The van der Waals surface area contributed by atoms with E-state index in [4.69, 9.17) is 18.9 Å². The van der Waals surface area contributed by atoms with Crippen LogP contribution in [-0.4, -0.2) is 23.4 Å². The molecular formula is C44H45IN2O6. The summed E-state index contributed by atoms with van der Waals surface area (Å²) in [6.07, 6.45) is -0.966. The fourth-order valence-corrected chi connectivity index (χ4v) is 6.05. The zero-order valence-electron chi connectivity index (χ0n) is 30.9. The van der Waals surface area contributed by atoms with Crippen molar-refractivity contribution in [2.24, 2.45) is 0 Å². The maximum Gasteiger partial charge on any atom is 0.412 e. The number of benzene rings is 6. The largest absolute Gasteiger partial charge is 0.488 e. The molecule has 0 saturated carbocycles. The summed E-state index contributed by atoms with van der Waals surface area (Å²) in [5.74, 6) is 1.44. The van der Waals surface area contributed by atoms with E-state index < -0.39 is 23.4 Å². The summed E-state index contributed by atoms with van der Waals surface area (Å²) >= 11 is 2.24. The van der Waals surface area contributed by atoms with Gasteiger partial charge in [0.15, 0.2) is 0 Å². The van der Waals surface area contributed by atoms with Crippen LogP contribution < -0.4 is 20.1 Å². The van der Waals surface area contributed by atoms with E-state index in [2.05, 4.69) is 33.2 Å². The van der Waals surface area contributed by atoms with Crippen molar-refractivity contribution in [3.8, 4) is 11.5 Å². The molecule has 0 aromatic heterocycles. The minimum Gasteiger partial charge on any atom is -0.488 e. The Bertz CT molecular complexity index is 2160. The third-order valence-corrected chi connectivity index (χ3v) is 8.68. The second-order valence-corrected chi connectivity index (χ2v) is 15.4. The molecule has 0 fully saturated rings. The molecule has 0 saturated heterocycles. The lowest BCUT2D eigenvalue weighted by Crippen LogP contribution is -2.27. The second kappa shape index (κ2) is 17.5. The number of nitrogens with one attached hydrogen (secondary N) is 2. The van der Waals surface area contributed by atoms with Crippen molar-refractivity contribution in [1.82, 2.24) is 0 Å². The first-order valence-corrected chi connectivity index (χ1v) is 18.4. The molecular weight excluding hydrogens is 779 g/mol. The van der Waals surface area contributed by atoms with Gasteiger partial charge in [-0.2, -0.15) is 0 Å². The molecule has 2 N–H and O–H groups in total. The van der Waals surface area contributed by atoms with Crippen LogP contribution in [0, 0.1) is 3.57 Å². The predicted octanol–water partition coefficient (Wildman–Crippen LogP) is 12.1. The van der Waals surface area contributed by atoms with Gasteiger partial charge in [0.2, 0.25) is 0 Å². The minimum atomic E-state index is -0.557. The molecule has 9 heteroatoms. The molecule has 0 atom stereocenters. The third-order valence-electron chi connectivity index (χ3n) is 7.52. The summed E-state index contributed by atoms with van der Waals surface area (Å²) < 4.78 is 23.8. The van der Waals surface area contributed by atoms with Crippen LogP contribution in [0.1, 0.15) is 52.7 Å². The lowest BCUT2D eigenvalue weighted by Gasteiger charge is -2.21. The normalized spacial score (nSPS) is 11.2. The Morgan fingerprint density at radius 1 is 0.547 bits per heavy atom. The first kappa shape index (κ1) is 38.9. The molecule has 0 aliphatic heterocycles. The lowest BCUT2D eigenvalue weighted by molar-refractivity contribution is 0.0624. The van der Waals surface area contributed by atoms with Crippen molar-refractivity contribution in [3.05, 3.63) is 142 Å². The van der Waals surface area contributed by atoms with Gasteiger partial charge in [-0.15, -0.1) is 0 Å². The first-order valence-electron chi connectivity index (χ1n) is 17.3. The number of carbonyl (C=O) groups excluding carboxylic acids is 2. The van der Waals surface area contributed by atoms with Crippen molar-refractivity contribution in [3.63, 3.8) is 0 Å². The molecule has 0 heterocycles. The summed E-state index contributed by atoms with van der Waals surface area (Å²) in [4.78, 5) is 24.3. The third kappa shape index (κ3) is 11.9. The van der Waals surface area contributed by atoms with Crippen molar-refractivity contribution in [2.75, 3.05) is 10.6 Å². The highest BCUT2D eigenvalue weighted by molar-refractivity contribution is 14.1. The van der Waals surface area contributed by atoms with Crippen LogP contribution in [0.25, 0.3) is 21.5 Å². The summed E-state index contributed by atoms with van der Waals surface area (Å²) in [5.41, 5.74) is 2.38. The van der Waals surface area contributed by atoms with Crippen molar-refractivity contribution >= 4 is 67.7 Å². The van der Waals surface area contributed by atoms with E-state index in [0.717, 1.165) is 47.7 Å². The van der Waals surface area contributed by atoms with Gasteiger partial charge in [-0.1, -0.05) is 109 Å². The maximum atomic E-state index is 12.2. The average molecular weight is 825 g/mol. The van der Waals surface area contributed by atoms with Gasteiger partial charge in [-0.05, 0) is 86.7 Å². The van der Waals surface area contributed by atoms with Crippen LogP contribution in [0.2, 0.25) is 0 Å². The summed E-state index contributed by atoms with van der Waals surface area (Å²) in [5, 5.41) is 9.65. The van der Waals surface area contributed by atoms with Crippen molar-refractivity contribution in [2.45, 2.75) is 66.0 Å². The summed E-state index contributed by atoms with van der Waals surface area (Å²) in [7, 11) is 0. The van der Waals surface area contributed by atoms with E-state index in [0.29, 0.717) is 24.6 Å². The molecule has 53 heavy (non-hydrogen) atoms. The SMILES string of the molecule is CC(C)(C)OC(=O)Nc1cc(OCc2ccccc2)c2ccccc2c1.CC(C)(C)OC(=O)Nc1cc(OCc2ccccc2)c2ccccc2c1I. The highest BCUT2D eigenvalue weighted by Gasteiger charge is 2.20. The Balaban J connectivity index is 0.000000204. The van der Waals surface area contributed by atoms with Gasteiger partial charge in [0.05, 0.1) is 5.69 Å². The van der Waals surface area contributed by atoms with Crippen LogP contribution in [0.4, 0.5) is 21.0 Å². The number of fused-ring (bicyclic) bond motifs is 2. The Labute approximate surface area is 324 Å². The zero-order valence-corrected chi connectivity index (χ0v) is 33.0. The van der Waals surface area contributed by atoms with Crippen LogP contribution in [-0.2, 0) is 22.7 Å². The number of halogens is 1. The number of hydrogen-bond donors (Lipinski definition) is 2. The molecule has 0 aliphatic carbocycles. The van der Waals surface area contributed by atoms with Crippen molar-refractivity contribution in [1.29, 1.82) is 0 Å². The van der Waals surface area contributed by atoms with E-state index in [1.54, 1.807) is 0 Å². The molecule has 0 bridgehead atoms. The molecule has 0 spiro atoms. The molecule has 6 aromatic rings. The van der Waals surface area contributed by atoms with Gasteiger partial charge in [0.1, 0.15) is 35.9 Å². The van der Waals surface area contributed by atoms with Gasteiger partial charge < -0.3 is 18.9 Å². The van der Waals surface area contributed by atoms with E-state index in [-0.39, 0.29) is 0 Å². The van der Waals surface area contributed by atoms with Crippen molar-refractivity contribution < 1.29 is 28.5 Å². The number of hydrogen-bond acceptors (Lipinski definition) is 6. The molecule has 0 aliphatic rings. The van der Waals surface area contributed by atoms with Gasteiger partial charge in [0, 0.05) is 37.5 Å². The Hall–Kier alpha value is -5.29. The van der Waals surface area contributed by atoms with Gasteiger partial charge in [0.25, 0.3) is 0 Å².